The molecule has 21 heavy (non-hydrogen) atoms. The van der Waals surface area contributed by atoms with E-state index in [0.29, 0.717) is 0 Å². The Morgan fingerprint density at radius 3 is 2.67 bits per heavy atom. The number of hydrogen-bond acceptors (Lipinski definition) is 2. The van der Waals surface area contributed by atoms with Crippen LogP contribution in [0.5, 0.6) is 0 Å². The first-order valence-electron chi connectivity index (χ1n) is 7.71. The molecule has 1 aliphatic carbocycles. The highest BCUT2D eigenvalue weighted by molar-refractivity contribution is 5.80. The van der Waals surface area contributed by atoms with Crippen molar-refractivity contribution < 1.29 is 4.79 Å². The lowest BCUT2D eigenvalue weighted by molar-refractivity contribution is -0.122. The van der Waals surface area contributed by atoms with Gasteiger partial charge in [-0.25, -0.2) is 4.79 Å². The zero-order chi connectivity index (χ0) is 14.7. The number of carbonyl (C=O) groups excluding carboxylic acids is 1. The van der Waals surface area contributed by atoms with Gasteiger partial charge in [-0.1, -0.05) is 37.8 Å². The number of para-hydroxylation sites is 2. The number of carbonyl (C=O) groups is 1. The summed E-state index contributed by atoms with van der Waals surface area (Å²) in [6.07, 6.45) is 6.97. The molecule has 1 aromatic carbocycles. The van der Waals surface area contributed by atoms with Gasteiger partial charge < -0.3 is 10.3 Å². The number of nitrogens with one attached hydrogen (secondary N) is 2. The molecule has 0 saturated heterocycles. The van der Waals surface area contributed by atoms with Crippen molar-refractivity contribution in [2.45, 2.75) is 51.1 Å². The van der Waals surface area contributed by atoms with Crippen molar-refractivity contribution in [3.8, 4) is 0 Å². The second kappa shape index (κ2) is 6.16. The van der Waals surface area contributed by atoms with Crippen LogP contribution in [0.25, 0.3) is 11.0 Å². The van der Waals surface area contributed by atoms with Crippen molar-refractivity contribution in [3.05, 3.63) is 34.7 Å². The van der Waals surface area contributed by atoms with E-state index in [0.717, 1.165) is 23.9 Å². The van der Waals surface area contributed by atoms with Crippen LogP contribution in [-0.4, -0.2) is 21.5 Å². The van der Waals surface area contributed by atoms with Gasteiger partial charge >= 0.3 is 5.69 Å². The van der Waals surface area contributed by atoms with Crippen molar-refractivity contribution in [2.75, 3.05) is 0 Å². The number of nitrogens with zero attached hydrogens (tertiary/aromatic N) is 1. The SMILES string of the molecule is O=C(Cn1c(=O)[nH]c2ccccc21)NC1CCCCCC1. The Balaban J connectivity index is 1.71. The summed E-state index contributed by atoms with van der Waals surface area (Å²) < 4.78 is 1.50. The molecule has 3 rings (SSSR count). The Morgan fingerprint density at radius 1 is 1.19 bits per heavy atom. The molecule has 1 fully saturated rings. The molecule has 0 bridgehead atoms. The number of aromatic amines is 1. The molecular weight excluding hydrogens is 266 g/mol. The summed E-state index contributed by atoms with van der Waals surface area (Å²) in [4.78, 5) is 26.9. The fourth-order valence-electron chi connectivity index (χ4n) is 3.10. The van der Waals surface area contributed by atoms with Crippen molar-refractivity contribution in [1.29, 1.82) is 0 Å². The van der Waals surface area contributed by atoms with Gasteiger partial charge in [-0.05, 0) is 25.0 Å². The maximum absolute atomic E-state index is 12.2. The summed E-state index contributed by atoms with van der Waals surface area (Å²) in [5.74, 6) is -0.0752. The number of fused-ring (bicyclic) bond motifs is 1. The minimum Gasteiger partial charge on any atom is -0.352 e. The van der Waals surface area contributed by atoms with Gasteiger partial charge in [0.05, 0.1) is 11.0 Å². The highest BCUT2D eigenvalue weighted by atomic mass is 16.2. The minimum atomic E-state index is -0.229. The molecule has 1 aliphatic rings. The highest BCUT2D eigenvalue weighted by Crippen LogP contribution is 2.17. The zero-order valence-electron chi connectivity index (χ0n) is 12.1. The lowest BCUT2D eigenvalue weighted by Crippen LogP contribution is -2.38. The first kappa shape index (κ1) is 13.9. The summed E-state index contributed by atoms with van der Waals surface area (Å²) >= 11 is 0. The van der Waals surface area contributed by atoms with Crippen LogP contribution in [0.15, 0.2) is 29.1 Å². The molecule has 0 spiro atoms. The third-order valence-corrected chi connectivity index (χ3v) is 4.20. The van der Waals surface area contributed by atoms with Gasteiger partial charge in [-0.2, -0.15) is 0 Å². The molecule has 5 heteroatoms. The maximum atomic E-state index is 12.2. The van der Waals surface area contributed by atoms with E-state index in [-0.39, 0.29) is 24.2 Å². The second-order valence-electron chi connectivity index (χ2n) is 5.79. The van der Waals surface area contributed by atoms with Crippen molar-refractivity contribution >= 4 is 16.9 Å². The fraction of sp³-hybridized carbons (Fsp3) is 0.500. The topological polar surface area (TPSA) is 66.9 Å². The molecule has 1 saturated carbocycles. The molecule has 1 amide bonds. The first-order chi connectivity index (χ1) is 10.2. The molecule has 112 valence electrons. The lowest BCUT2D eigenvalue weighted by atomic mass is 10.1. The third-order valence-electron chi connectivity index (χ3n) is 4.20. The van der Waals surface area contributed by atoms with E-state index in [9.17, 15) is 9.59 Å². The number of rotatable bonds is 3. The number of aromatic nitrogens is 2. The smallest absolute Gasteiger partial charge is 0.326 e. The van der Waals surface area contributed by atoms with Gasteiger partial charge in [0.2, 0.25) is 5.91 Å². The van der Waals surface area contributed by atoms with Gasteiger partial charge in [0, 0.05) is 6.04 Å². The van der Waals surface area contributed by atoms with E-state index < -0.39 is 0 Å². The van der Waals surface area contributed by atoms with Crippen LogP contribution in [-0.2, 0) is 11.3 Å². The quantitative estimate of drug-likeness (QED) is 0.850. The molecule has 1 heterocycles. The van der Waals surface area contributed by atoms with E-state index in [1.54, 1.807) is 0 Å². The van der Waals surface area contributed by atoms with Crippen molar-refractivity contribution in [2.24, 2.45) is 0 Å². The Kier molecular flexibility index (Phi) is 4.08. The standard InChI is InChI=1S/C16H21N3O2/c20-15(17-12-7-3-1-2-4-8-12)11-19-14-10-6-5-9-13(14)18-16(19)21/h5-6,9-10,12H,1-4,7-8,11H2,(H,17,20)(H,18,21). The number of H-pyrrole nitrogens is 1. The van der Waals surface area contributed by atoms with Crippen molar-refractivity contribution in [3.63, 3.8) is 0 Å². The van der Waals surface area contributed by atoms with E-state index in [1.165, 1.54) is 30.3 Å². The van der Waals surface area contributed by atoms with E-state index in [2.05, 4.69) is 10.3 Å². The lowest BCUT2D eigenvalue weighted by Gasteiger charge is -2.16. The molecular formula is C16H21N3O2. The molecule has 0 radical (unpaired) electrons. The number of benzene rings is 1. The summed E-state index contributed by atoms with van der Waals surface area (Å²) in [7, 11) is 0. The average molecular weight is 287 g/mol. The summed E-state index contributed by atoms with van der Waals surface area (Å²) in [6, 6.07) is 7.70. The molecule has 5 nitrogen and oxygen atoms in total. The van der Waals surface area contributed by atoms with Crippen LogP contribution in [0.1, 0.15) is 38.5 Å². The average Bonchev–Trinajstić information content (AvgIpc) is 2.66. The number of imidazole rings is 1. The molecule has 0 aliphatic heterocycles. The molecule has 0 atom stereocenters. The summed E-state index contributed by atoms with van der Waals surface area (Å²) in [6.45, 7) is 0.0827. The maximum Gasteiger partial charge on any atom is 0.326 e. The molecule has 0 unspecified atom stereocenters. The fourth-order valence-corrected chi connectivity index (χ4v) is 3.10. The highest BCUT2D eigenvalue weighted by Gasteiger charge is 2.16. The van der Waals surface area contributed by atoms with Gasteiger partial charge in [-0.3, -0.25) is 9.36 Å². The Morgan fingerprint density at radius 2 is 1.90 bits per heavy atom. The first-order valence-corrected chi connectivity index (χ1v) is 7.71. The second-order valence-corrected chi connectivity index (χ2v) is 5.79. The number of amides is 1. The largest absolute Gasteiger partial charge is 0.352 e. The van der Waals surface area contributed by atoms with E-state index >= 15 is 0 Å². The van der Waals surface area contributed by atoms with Gasteiger partial charge in [0.1, 0.15) is 6.54 Å². The Hall–Kier alpha value is -2.04. The van der Waals surface area contributed by atoms with Crippen molar-refractivity contribution in [1.82, 2.24) is 14.9 Å². The van der Waals surface area contributed by atoms with Crippen LogP contribution < -0.4 is 11.0 Å². The van der Waals surface area contributed by atoms with Crippen LogP contribution >= 0.6 is 0 Å². The van der Waals surface area contributed by atoms with Gasteiger partial charge in [0.15, 0.2) is 0 Å². The van der Waals surface area contributed by atoms with Crippen LogP contribution in [0.4, 0.5) is 0 Å². The monoisotopic (exact) mass is 287 g/mol. The van der Waals surface area contributed by atoms with E-state index in [1.807, 2.05) is 24.3 Å². The molecule has 2 N–H and O–H groups in total. The van der Waals surface area contributed by atoms with Gasteiger partial charge in [-0.15, -0.1) is 0 Å². The summed E-state index contributed by atoms with van der Waals surface area (Å²) in [5.41, 5.74) is 1.32. The molecule has 2 aromatic rings. The third kappa shape index (κ3) is 3.17. The van der Waals surface area contributed by atoms with Crippen LogP contribution in [0, 0.1) is 0 Å². The Bertz CT molecular complexity index is 678. The minimum absolute atomic E-state index is 0.0752. The summed E-state index contributed by atoms with van der Waals surface area (Å²) in [5, 5.41) is 3.08. The molecule has 1 aromatic heterocycles. The zero-order valence-corrected chi connectivity index (χ0v) is 12.1. The van der Waals surface area contributed by atoms with Crippen LogP contribution in [0.2, 0.25) is 0 Å². The Labute approximate surface area is 123 Å². The van der Waals surface area contributed by atoms with Crippen LogP contribution in [0.3, 0.4) is 0 Å². The normalized spacial score (nSPS) is 16.8. The van der Waals surface area contributed by atoms with E-state index in [4.69, 9.17) is 0 Å². The predicted molar refractivity (Wildman–Crippen MR) is 82.2 cm³/mol. The van der Waals surface area contributed by atoms with Gasteiger partial charge in [0.25, 0.3) is 0 Å². The predicted octanol–water partition coefficient (Wildman–Crippen LogP) is 2.17. The number of hydrogen-bond donors (Lipinski definition) is 2.